The summed E-state index contributed by atoms with van der Waals surface area (Å²) < 4.78 is 1.33. The van der Waals surface area contributed by atoms with Crippen LogP contribution in [0.1, 0.15) is 11.1 Å². The van der Waals surface area contributed by atoms with Gasteiger partial charge in [-0.1, -0.05) is 30.3 Å². The van der Waals surface area contributed by atoms with Crippen LogP contribution in [0.15, 0.2) is 48.7 Å². The maximum Gasteiger partial charge on any atom is 0.0714 e. The van der Waals surface area contributed by atoms with Crippen LogP contribution in [0.5, 0.6) is 0 Å². The lowest BCUT2D eigenvalue weighted by Gasteiger charge is -2.12. The minimum absolute atomic E-state index is 1.08. The number of rotatable bonds is 1. The fourth-order valence-electron chi connectivity index (χ4n) is 2.51. The van der Waals surface area contributed by atoms with Gasteiger partial charge in [-0.05, 0) is 70.8 Å². The van der Waals surface area contributed by atoms with E-state index in [0.717, 1.165) is 5.52 Å². The van der Waals surface area contributed by atoms with E-state index in [2.05, 4.69) is 77.8 Å². The third-order valence-electron chi connectivity index (χ3n) is 3.47. The van der Waals surface area contributed by atoms with Crippen molar-refractivity contribution in [1.82, 2.24) is 4.98 Å². The molecule has 0 N–H and O–H groups in total. The number of hydrogen-bond acceptors (Lipinski definition) is 1. The highest BCUT2D eigenvalue weighted by atomic mass is 127. The Balaban J connectivity index is 2.42. The second-order valence-electron chi connectivity index (χ2n) is 4.75. The summed E-state index contributed by atoms with van der Waals surface area (Å²) in [4.78, 5) is 4.53. The van der Waals surface area contributed by atoms with Gasteiger partial charge in [0.05, 0.1) is 5.52 Å². The summed E-state index contributed by atoms with van der Waals surface area (Å²) >= 11 is 2.43. The average molecular weight is 359 g/mol. The molecule has 3 rings (SSSR count). The van der Waals surface area contributed by atoms with Crippen molar-refractivity contribution in [1.29, 1.82) is 0 Å². The highest BCUT2D eigenvalue weighted by molar-refractivity contribution is 14.1. The van der Waals surface area contributed by atoms with Gasteiger partial charge >= 0.3 is 0 Å². The van der Waals surface area contributed by atoms with Crippen LogP contribution in [0.3, 0.4) is 0 Å². The minimum Gasteiger partial charge on any atom is -0.256 e. The number of halogens is 1. The van der Waals surface area contributed by atoms with E-state index in [4.69, 9.17) is 0 Å². The zero-order valence-corrected chi connectivity index (χ0v) is 13.1. The molecular weight excluding hydrogens is 345 g/mol. The molecular formula is C17H14IN. The number of nitrogens with zero attached hydrogens (tertiary/aromatic N) is 1. The summed E-state index contributed by atoms with van der Waals surface area (Å²) in [7, 11) is 0. The van der Waals surface area contributed by atoms with Gasteiger partial charge in [-0.2, -0.15) is 0 Å². The van der Waals surface area contributed by atoms with Crippen molar-refractivity contribution in [2.24, 2.45) is 0 Å². The molecule has 3 aromatic rings. The summed E-state index contributed by atoms with van der Waals surface area (Å²) in [5, 5.41) is 1.27. The van der Waals surface area contributed by atoms with Gasteiger partial charge in [0.25, 0.3) is 0 Å². The Bertz CT molecular complexity index is 748. The summed E-state index contributed by atoms with van der Waals surface area (Å²) in [5.74, 6) is 0. The third kappa shape index (κ3) is 2.14. The Morgan fingerprint density at radius 1 is 1.00 bits per heavy atom. The predicted molar refractivity (Wildman–Crippen MR) is 89.4 cm³/mol. The number of aromatic nitrogens is 1. The Morgan fingerprint density at radius 3 is 2.47 bits per heavy atom. The maximum absolute atomic E-state index is 4.53. The van der Waals surface area contributed by atoms with Gasteiger partial charge < -0.3 is 0 Å². The largest absolute Gasteiger partial charge is 0.256 e. The van der Waals surface area contributed by atoms with E-state index in [1.807, 2.05) is 12.3 Å². The molecule has 2 heteroatoms. The van der Waals surface area contributed by atoms with Crippen LogP contribution < -0.4 is 0 Å². The van der Waals surface area contributed by atoms with Crippen molar-refractivity contribution in [3.05, 3.63) is 63.4 Å². The van der Waals surface area contributed by atoms with Gasteiger partial charge in [-0.25, -0.2) is 0 Å². The van der Waals surface area contributed by atoms with Gasteiger partial charge in [-0.3, -0.25) is 4.98 Å². The van der Waals surface area contributed by atoms with E-state index in [0.29, 0.717) is 0 Å². The van der Waals surface area contributed by atoms with Crippen LogP contribution in [-0.4, -0.2) is 4.98 Å². The molecule has 0 atom stereocenters. The first kappa shape index (κ1) is 12.6. The molecule has 0 aliphatic carbocycles. The van der Waals surface area contributed by atoms with Gasteiger partial charge in [0, 0.05) is 15.2 Å². The number of benzene rings is 2. The van der Waals surface area contributed by atoms with E-state index >= 15 is 0 Å². The quantitative estimate of drug-likeness (QED) is 0.550. The Kier molecular flexibility index (Phi) is 3.27. The monoisotopic (exact) mass is 359 g/mol. The second-order valence-corrected chi connectivity index (χ2v) is 5.83. The SMILES string of the molecule is Cc1cc2nccc(-c3ccccc3)c2c(C)c1I. The average Bonchev–Trinajstić information content (AvgIpc) is 2.45. The number of hydrogen-bond donors (Lipinski definition) is 0. The minimum atomic E-state index is 1.08. The molecule has 94 valence electrons. The van der Waals surface area contributed by atoms with Crippen LogP contribution in [0.25, 0.3) is 22.0 Å². The molecule has 0 unspecified atom stereocenters. The lowest BCUT2D eigenvalue weighted by molar-refractivity contribution is 1.33. The van der Waals surface area contributed by atoms with E-state index in [1.165, 1.54) is 31.2 Å². The van der Waals surface area contributed by atoms with Crippen LogP contribution in [0, 0.1) is 17.4 Å². The van der Waals surface area contributed by atoms with Crippen molar-refractivity contribution in [2.75, 3.05) is 0 Å². The molecule has 0 saturated heterocycles. The van der Waals surface area contributed by atoms with Gasteiger partial charge in [0.2, 0.25) is 0 Å². The Morgan fingerprint density at radius 2 is 1.74 bits per heavy atom. The van der Waals surface area contributed by atoms with Crippen molar-refractivity contribution < 1.29 is 0 Å². The molecule has 2 aromatic carbocycles. The number of aryl methyl sites for hydroxylation is 2. The molecule has 1 aromatic heterocycles. The van der Waals surface area contributed by atoms with Crippen molar-refractivity contribution >= 4 is 33.5 Å². The van der Waals surface area contributed by atoms with E-state index in [1.54, 1.807) is 0 Å². The summed E-state index contributed by atoms with van der Waals surface area (Å²) in [6, 6.07) is 14.8. The molecule has 0 saturated carbocycles. The fourth-order valence-corrected chi connectivity index (χ4v) is 2.94. The van der Waals surface area contributed by atoms with Crippen molar-refractivity contribution in [3.8, 4) is 11.1 Å². The summed E-state index contributed by atoms with van der Waals surface area (Å²) in [5.41, 5.74) is 6.21. The van der Waals surface area contributed by atoms with Gasteiger partial charge in [0.1, 0.15) is 0 Å². The smallest absolute Gasteiger partial charge is 0.0714 e. The lowest BCUT2D eigenvalue weighted by Crippen LogP contribution is -1.93. The van der Waals surface area contributed by atoms with Crippen LogP contribution in [0.2, 0.25) is 0 Å². The molecule has 1 nitrogen and oxygen atoms in total. The van der Waals surface area contributed by atoms with Crippen molar-refractivity contribution in [3.63, 3.8) is 0 Å². The number of pyridine rings is 1. The van der Waals surface area contributed by atoms with Crippen LogP contribution in [-0.2, 0) is 0 Å². The standard InChI is InChI=1S/C17H14IN/c1-11-10-15-16(12(2)17(11)18)14(8-9-19-15)13-6-4-3-5-7-13/h3-10H,1-2H3. The molecule has 0 aliphatic heterocycles. The molecule has 0 fully saturated rings. The van der Waals surface area contributed by atoms with Crippen LogP contribution >= 0.6 is 22.6 Å². The molecule has 0 aliphatic rings. The van der Waals surface area contributed by atoms with Gasteiger partial charge in [0.15, 0.2) is 0 Å². The number of fused-ring (bicyclic) bond motifs is 1. The predicted octanol–water partition coefficient (Wildman–Crippen LogP) is 5.12. The molecule has 1 heterocycles. The van der Waals surface area contributed by atoms with Crippen molar-refractivity contribution in [2.45, 2.75) is 13.8 Å². The molecule has 0 radical (unpaired) electrons. The lowest BCUT2D eigenvalue weighted by atomic mass is 9.97. The second kappa shape index (κ2) is 4.93. The molecule has 19 heavy (non-hydrogen) atoms. The Labute approximate surface area is 126 Å². The molecule has 0 bridgehead atoms. The highest BCUT2D eigenvalue weighted by Crippen LogP contribution is 2.33. The first-order valence-corrected chi connectivity index (χ1v) is 7.36. The van der Waals surface area contributed by atoms with E-state index < -0.39 is 0 Å². The Hall–Kier alpha value is -1.42. The van der Waals surface area contributed by atoms with Gasteiger partial charge in [-0.15, -0.1) is 0 Å². The topological polar surface area (TPSA) is 12.9 Å². The molecule has 0 amide bonds. The summed E-state index contributed by atoms with van der Waals surface area (Å²) in [6.07, 6.45) is 1.90. The maximum atomic E-state index is 4.53. The first-order valence-electron chi connectivity index (χ1n) is 6.28. The zero-order chi connectivity index (χ0) is 13.4. The van der Waals surface area contributed by atoms with Crippen LogP contribution in [0.4, 0.5) is 0 Å². The zero-order valence-electron chi connectivity index (χ0n) is 10.9. The van der Waals surface area contributed by atoms with E-state index in [9.17, 15) is 0 Å². The fraction of sp³-hybridized carbons (Fsp3) is 0.118. The van der Waals surface area contributed by atoms with E-state index in [-0.39, 0.29) is 0 Å². The first-order chi connectivity index (χ1) is 9.18. The summed E-state index contributed by atoms with van der Waals surface area (Å²) in [6.45, 7) is 4.33. The normalized spacial score (nSPS) is 10.9. The third-order valence-corrected chi connectivity index (χ3v) is 5.13. The molecule has 0 spiro atoms. The highest BCUT2D eigenvalue weighted by Gasteiger charge is 2.11.